The van der Waals surface area contributed by atoms with Gasteiger partial charge in [0.2, 0.25) is 5.90 Å². The van der Waals surface area contributed by atoms with Crippen molar-refractivity contribution >= 4 is 23.6 Å². The standard InChI is InChI=1S/C13H17ClFNO.C9H11N/c1-3-5-6-10-11(14)7-9(8-12(10)15)13(16)17-4-2;1-3-5-9-8(2)6-4-7-10-9/h7-8,16H,3-6H2,1-2H3;3-7H,1-2H3/b;5-3-. The Kier molecular flexibility index (Phi) is 10.3. The van der Waals surface area contributed by atoms with Crippen LogP contribution in [0.2, 0.25) is 5.02 Å². The van der Waals surface area contributed by atoms with Gasteiger partial charge >= 0.3 is 0 Å². The number of unbranched alkanes of at least 4 members (excludes halogenated alkanes) is 1. The first-order chi connectivity index (χ1) is 12.9. The van der Waals surface area contributed by atoms with E-state index in [1.807, 2.05) is 38.3 Å². The molecule has 1 aromatic carbocycles. The number of nitrogens with one attached hydrogen (secondary N) is 1. The van der Waals surface area contributed by atoms with Crippen LogP contribution in [0.1, 0.15) is 56.0 Å². The Bertz CT molecular complexity index is 752. The van der Waals surface area contributed by atoms with Gasteiger partial charge in [0.25, 0.3) is 0 Å². The summed E-state index contributed by atoms with van der Waals surface area (Å²) in [5, 5.41) is 7.96. The van der Waals surface area contributed by atoms with E-state index in [1.165, 1.54) is 11.6 Å². The third-order valence-electron chi connectivity index (χ3n) is 3.85. The fourth-order valence-electron chi connectivity index (χ4n) is 2.38. The summed E-state index contributed by atoms with van der Waals surface area (Å²) in [4.78, 5) is 4.18. The van der Waals surface area contributed by atoms with Crippen LogP contribution in [-0.2, 0) is 11.2 Å². The minimum absolute atomic E-state index is 0.0460. The lowest BCUT2D eigenvalue weighted by Crippen LogP contribution is -2.06. The van der Waals surface area contributed by atoms with Gasteiger partial charge < -0.3 is 4.74 Å². The molecule has 0 unspecified atom stereocenters. The molecule has 0 radical (unpaired) electrons. The third kappa shape index (κ3) is 7.51. The molecule has 2 aromatic rings. The summed E-state index contributed by atoms with van der Waals surface area (Å²) in [6.07, 6.45) is 8.33. The fourth-order valence-corrected chi connectivity index (χ4v) is 2.69. The number of hydrogen-bond donors (Lipinski definition) is 1. The second kappa shape index (κ2) is 12.2. The molecule has 1 N–H and O–H groups in total. The molecule has 1 heterocycles. The van der Waals surface area contributed by atoms with E-state index >= 15 is 0 Å². The Balaban J connectivity index is 0.000000309. The van der Waals surface area contributed by atoms with E-state index in [-0.39, 0.29) is 11.7 Å². The number of allylic oxidation sites excluding steroid dienone is 1. The zero-order valence-corrected chi connectivity index (χ0v) is 17.2. The summed E-state index contributed by atoms with van der Waals surface area (Å²) >= 11 is 6.02. The van der Waals surface area contributed by atoms with E-state index < -0.39 is 0 Å². The lowest BCUT2D eigenvalue weighted by molar-refractivity contribution is 0.325. The SMILES string of the molecule is C/C=C\c1ncccc1C.CCCCc1c(F)cc(C(=N)OCC)cc1Cl. The van der Waals surface area contributed by atoms with Crippen molar-refractivity contribution in [1.29, 1.82) is 5.41 Å². The average molecular weight is 391 g/mol. The van der Waals surface area contributed by atoms with E-state index in [2.05, 4.69) is 18.0 Å². The maximum atomic E-state index is 13.8. The number of rotatable bonds is 6. The van der Waals surface area contributed by atoms with Gasteiger partial charge in [-0.15, -0.1) is 0 Å². The van der Waals surface area contributed by atoms with Crippen molar-refractivity contribution in [3.63, 3.8) is 0 Å². The molecule has 0 aliphatic carbocycles. The van der Waals surface area contributed by atoms with Crippen LogP contribution in [0.3, 0.4) is 0 Å². The highest BCUT2D eigenvalue weighted by molar-refractivity contribution is 6.31. The van der Waals surface area contributed by atoms with Gasteiger partial charge in [-0.05, 0) is 63.5 Å². The van der Waals surface area contributed by atoms with Crippen LogP contribution < -0.4 is 0 Å². The van der Waals surface area contributed by atoms with Gasteiger partial charge in [0, 0.05) is 22.3 Å². The smallest absolute Gasteiger partial charge is 0.213 e. The second-order valence-corrected chi connectivity index (χ2v) is 6.40. The maximum Gasteiger partial charge on any atom is 0.213 e. The van der Waals surface area contributed by atoms with Crippen molar-refractivity contribution in [3.8, 4) is 0 Å². The van der Waals surface area contributed by atoms with E-state index in [4.69, 9.17) is 21.7 Å². The summed E-state index contributed by atoms with van der Waals surface area (Å²) in [5.74, 6) is -0.402. The molecule has 0 bridgehead atoms. The van der Waals surface area contributed by atoms with Gasteiger partial charge in [-0.25, -0.2) is 4.39 Å². The zero-order valence-electron chi connectivity index (χ0n) is 16.5. The Morgan fingerprint density at radius 2 is 2.07 bits per heavy atom. The predicted molar refractivity (Wildman–Crippen MR) is 112 cm³/mol. The summed E-state index contributed by atoms with van der Waals surface area (Å²) < 4.78 is 18.8. The third-order valence-corrected chi connectivity index (χ3v) is 4.18. The highest BCUT2D eigenvalue weighted by Gasteiger charge is 2.12. The lowest BCUT2D eigenvalue weighted by Gasteiger charge is -2.09. The van der Waals surface area contributed by atoms with E-state index in [9.17, 15) is 4.39 Å². The Morgan fingerprint density at radius 3 is 2.63 bits per heavy atom. The van der Waals surface area contributed by atoms with Crippen LogP contribution in [-0.4, -0.2) is 17.5 Å². The van der Waals surface area contributed by atoms with Crippen molar-refractivity contribution in [2.75, 3.05) is 6.61 Å². The van der Waals surface area contributed by atoms with Gasteiger partial charge in [0.15, 0.2) is 0 Å². The number of pyridine rings is 1. The molecule has 1 aromatic heterocycles. The molecule has 0 aliphatic rings. The van der Waals surface area contributed by atoms with Crippen molar-refractivity contribution in [1.82, 2.24) is 4.98 Å². The number of aryl methyl sites for hydroxylation is 1. The minimum Gasteiger partial charge on any atom is -0.478 e. The van der Waals surface area contributed by atoms with Crippen molar-refractivity contribution in [2.24, 2.45) is 0 Å². The molecule has 0 saturated heterocycles. The Morgan fingerprint density at radius 1 is 1.33 bits per heavy atom. The number of halogens is 2. The van der Waals surface area contributed by atoms with Gasteiger partial charge in [-0.2, -0.15) is 0 Å². The molecule has 0 spiro atoms. The zero-order chi connectivity index (χ0) is 20.2. The molecular formula is C22H28ClFN2O. The van der Waals surface area contributed by atoms with Crippen molar-refractivity contribution < 1.29 is 9.13 Å². The highest BCUT2D eigenvalue weighted by atomic mass is 35.5. The Hall–Kier alpha value is -2.20. The van der Waals surface area contributed by atoms with Crippen LogP contribution in [0, 0.1) is 18.2 Å². The van der Waals surface area contributed by atoms with Crippen molar-refractivity contribution in [3.05, 3.63) is 69.8 Å². The van der Waals surface area contributed by atoms with Crippen molar-refractivity contribution in [2.45, 2.75) is 47.0 Å². The second-order valence-electron chi connectivity index (χ2n) is 5.99. The summed E-state index contributed by atoms with van der Waals surface area (Å²) in [7, 11) is 0. The monoisotopic (exact) mass is 390 g/mol. The molecular weight excluding hydrogens is 363 g/mol. The summed E-state index contributed by atoms with van der Waals surface area (Å²) in [5.41, 5.74) is 3.20. The highest BCUT2D eigenvalue weighted by Crippen LogP contribution is 2.24. The van der Waals surface area contributed by atoms with Gasteiger partial charge in [0.1, 0.15) is 5.82 Å². The van der Waals surface area contributed by atoms with Gasteiger partial charge in [-0.1, -0.05) is 37.1 Å². The molecule has 3 nitrogen and oxygen atoms in total. The number of benzene rings is 1. The molecule has 0 aliphatic heterocycles. The number of ether oxygens (including phenoxy) is 1. The number of nitrogens with zero attached hydrogens (tertiary/aromatic N) is 1. The summed E-state index contributed by atoms with van der Waals surface area (Å²) in [6.45, 7) is 8.26. The first-order valence-corrected chi connectivity index (χ1v) is 9.56. The molecule has 0 fully saturated rings. The van der Waals surface area contributed by atoms with Gasteiger partial charge in [-0.3, -0.25) is 10.4 Å². The van der Waals surface area contributed by atoms with Crippen LogP contribution in [0.4, 0.5) is 4.39 Å². The predicted octanol–water partition coefficient (Wildman–Crippen LogP) is 6.61. The molecule has 0 amide bonds. The first kappa shape index (κ1) is 22.8. The molecule has 0 saturated carbocycles. The number of hydrogen-bond acceptors (Lipinski definition) is 3. The maximum absolute atomic E-state index is 13.8. The largest absolute Gasteiger partial charge is 0.478 e. The molecule has 5 heteroatoms. The topological polar surface area (TPSA) is 46.0 Å². The molecule has 146 valence electrons. The molecule has 27 heavy (non-hydrogen) atoms. The molecule has 2 rings (SSSR count). The quantitative estimate of drug-likeness (QED) is 0.445. The Labute approximate surface area is 166 Å². The van der Waals surface area contributed by atoms with Crippen LogP contribution in [0.25, 0.3) is 6.08 Å². The van der Waals surface area contributed by atoms with Crippen LogP contribution >= 0.6 is 11.6 Å². The fraction of sp³-hybridized carbons (Fsp3) is 0.364. The first-order valence-electron chi connectivity index (χ1n) is 9.18. The van der Waals surface area contributed by atoms with Crippen LogP contribution in [0.15, 0.2) is 36.5 Å². The minimum atomic E-state index is -0.356. The van der Waals surface area contributed by atoms with Crippen LogP contribution in [0.5, 0.6) is 0 Å². The molecule has 0 atom stereocenters. The lowest BCUT2D eigenvalue weighted by atomic mass is 10.1. The van der Waals surface area contributed by atoms with E-state index in [1.54, 1.807) is 13.0 Å². The summed E-state index contributed by atoms with van der Waals surface area (Å²) in [6, 6.07) is 6.91. The average Bonchev–Trinajstić information content (AvgIpc) is 2.64. The van der Waals surface area contributed by atoms with Gasteiger partial charge in [0.05, 0.1) is 12.3 Å². The number of aromatic nitrogens is 1. The van der Waals surface area contributed by atoms with E-state index in [0.717, 1.165) is 18.5 Å². The normalized spacial score (nSPS) is 10.4. The van der Waals surface area contributed by atoms with E-state index in [0.29, 0.717) is 29.2 Å².